The van der Waals surface area contributed by atoms with Crippen LogP contribution in [0.15, 0.2) is 18.2 Å². The van der Waals surface area contributed by atoms with Crippen molar-refractivity contribution < 1.29 is 5.11 Å². The van der Waals surface area contributed by atoms with E-state index >= 15 is 0 Å². The lowest BCUT2D eigenvalue weighted by atomic mass is 9.88. The van der Waals surface area contributed by atoms with Gasteiger partial charge >= 0.3 is 0 Å². The number of rotatable bonds is 7. The summed E-state index contributed by atoms with van der Waals surface area (Å²) in [5.41, 5.74) is 3.20. The van der Waals surface area contributed by atoms with E-state index in [1.165, 1.54) is 16.7 Å². The molecule has 0 radical (unpaired) electrons. The molecule has 0 fully saturated rings. The lowest BCUT2D eigenvalue weighted by Crippen LogP contribution is -2.33. The van der Waals surface area contributed by atoms with E-state index in [2.05, 4.69) is 51.2 Å². The maximum atomic E-state index is 10.5. The predicted molar refractivity (Wildman–Crippen MR) is 82.6 cm³/mol. The van der Waals surface area contributed by atoms with Crippen LogP contribution in [-0.4, -0.2) is 23.8 Å². The molecule has 1 unspecified atom stereocenters. The van der Waals surface area contributed by atoms with Gasteiger partial charge in [-0.1, -0.05) is 32.0 Å². The monoisotopic (exact) mass is 263 g/mol. The van der Waals surface area contributed by atoms with Crippen LogP contribution in [0.2, 0.25) is 0 Å². The Morgan fingerprint density at radius 1 is 1.21 bits per heavy atom. The van der Waals surface area contributed by atoms with Crippen molar-refractivity contribution in [2.45, 2.75) is 53.1 Å². The highest BCUT2D eigenvalue weighted by Crippen LogP contribution is 2.22. The Kier molecular flexibility index (Phi) is 6.02. The lowest BCUT2D eigenvalue weighted by Gasteiger charge is -2.25. The molecular weight excluding hydrogens is 234 g/mol. The summed E-state index contributed by atoms with van der Waals surface area (Å²) in [6.07, 6.45) is 1.52. The summed E-state index contributed by atoms with van der Waals surface area (Å²) in [7, 11) is 0. The molecule has 1 aromatic rings. The van der Waals surface area contributed by atoms with Crippen molar-refractivity contribution in [2.24, 2.45) is 5.92 Å². The van der Waals surface area contributed by atoms with Gasteiger partial charge in [-0.05, 0) is 62.9 Å². The Morgan fingerprint density at radius 3 is 2.32 bits per heavy atom. The molecule has 0 aliphatic heterocycles. The van der Waals surface area contributed by atoms with Crippen LogP contribution in [0, 0.1) is 19.8 Å². The summed E-state index contributed by atoms with van der Waals surface area (Å²) in [4.78, 5) is 0. The van der Waals surface area contributed by atoms with Crippen LogP contribution >= 0.6 is 0 Å². The van der Waals surface area contributed by atoms with E-state index in [1.807, 2.05) is 6.92 Å². The second kappa shape index (κ2) is 7.06. The summed E-state index contributed by atoms with van der Waals surface area (Å²) in [5.74, 6) is 0.656. The normalized spacial score (nSPS) is 14.7. The highest BCUT2D eigenvalue weighted by molar-refractivity contribution is 5.34. The second-order valence-corrected chi connectivity index (χ2v) is 6.39. The van der Waals surface area contributed by atoms with Gasteiger partial charge < -0.3 is 10.4 Å². The quantitative estimate of drug-likeness (QED) is 0.740. The maximum absolute atomic E-state index is 10.5. The highest BCUT2D eigenvalue weighted by atomic mass is 16.3. The van der Waals surface area contributed by atoms with Gasteiger partial charge in [-0.25, -0.2) is 0 Å². The first-order chi connectivity index (χ1) is 8.82. The van der Waals surface area contributed by atoms with Gasteiger partial charge in [0.1, 0.15) is 0 Å². The SMILES string of the molecule is Cc1cccc(C)c1CC(C)(O)CCNCC(C)C. The number of aryl methyl sites for hydroxylation is 2. The molecule has 108 valence electrons. The Hall–Kier alpha value is -0.860. The van der Waals surface area contributed by atoms with Crippen LogP contribution in [0.25, 0.3) is 0 Å². The lowest BCUT2D eigenvalue weighted by molar-refractivity contribution is 0.0511. The zero-order valence-electron chi connectivity index (χ0n) is 13.1. The molecule has 0 heterocycles. The summed E-state index contributed by atoms with van der Waals surface area (Å²) in [6.45, 7) is 12.5. The predicted octanol–water partition coefficient (Wildman–Crippen LogP) is 3.23. The van der Waals surface area contributed by atoms with Crippen molar-refractivity contribution in [3.63, 3.8) is 0 Å². The molecule has 1 rings (SSSR count). The second-order valence-electron chi connectivity index (χ2n) is 6.39. The Bertz CT molecular complexity index is 376. The van der Waals surface area contributed by atoms with Gasteiger partial charge in [0.15, 0.2) is 0 Å². The third-order valence-electron chi connectivity index (χ3n) is 3.60. The van der Waals surface area contributed by atoms with Gasteiger partial charge in [0, 0.05) is 6.42 Å². The van der Waals surface area contributed by atoms with Crippen LogP contribution in [0.4, 0.5) is 0 Å². The van der Waals surface area contributed by atoms with E-state index < -0.39 is 5.60 Å². The van der Waals surface area contributed by atoms with Gasteiger partial charge in [-0.2, -0.15) is 0 Å². The van der Waals surface area contributed by atoms with Crippen molar-refractivity contribution in [2.75, 3.05) is 13.1 Å². The first-order valence-electron chi connectivity index (χ1n) is 7.30. The number of hydrogen-bond donors (Lipinski definition) is 2. The number of aliphatic hydroxyl groups is 1. The van der Waals surface area contributed by atoms with Crippen molar-refractivity contribution in [3.8, 4) is 0 Å². The van der Waals surface area contributed by atoms with Gasteiger partial charge in [0.2, 0.25) is 0 Å². The first kappa shape index (κ1) is 16.2. The summed E-state index contributed by atoms with van der Waals surface area (Å²) < 4.78 is 0. The largest absolute Gasteiger partial charge is 0.390 e. The fourth-order valence-corrected chi connectivity index (χ4v) is 2.35. The maximum Gasteiger partial charge on any atom is 0.0672 e. The zero-order valence-corrected chi connectivity index (χ0v) is 13.1. The van der Waals surface area contributed by atoms with E-state index in [9.17, 15) is 5.11 Å². The van der Waals surface area contributed by atoms with Gasteiger partial charge in [-0.3, -0.25) is 0 Å². The summed E-state index contributed by atoms with van der Waals surface area (Å²) in [5, 5.41) is 13.9. The fourth-order valence-electron chi connectivity index (χ4n) is 2.35. The summed E-state index contributed by atoms with van der Waals surface area (Å²) >= 11 is 0. The minimum absolute atomic E-state index is 0.638. The highest BCUT2D eigenvalue weighted by Gasteiger charge is 2.22. The molecule has 1 atom stereocenters. The van der Waals surface area contributed by atoms with Gasteiger partial charge in [-0.15, -0.1) is 0 Å². The zero-order chi connectivity index (χ0) is 14.5. The fraction of sp³-hybridized carbons (Fsp3) is 0.647. The Labute approximate surface area is 118 Å². The molecule has 0 saturated heterocycles. The number of nitrogens with one attached hydrogen (secondary N) is 1. The molecule has 0 aromatic heterocycles. The number of hydrogen-bond acceptors (Lipinski definition) is 2. The molecule has 0 bridgehead atoms. The number of benzene rings is 1. The van der Waals surface area contributed by atoms with Crippen molar-refractivity contribution in [1.82, 2.24) is 5.32 Å². The first-order valence-corrected chi connectivity index (χ1v) is 7.30. The average Bonchev–Trinajstić information content (AvgIpc) is 2.30. The third kappa shape index (κ3) is 5.75. The van der Waals surface area contributed by atoms with Crippen molar-refractivity contribution in [3.05, 3.63) is 34.9 Å². The molecule has 19 heavy (non-hydrogen) atoms. The molecule has 2 heteroatoms. The van der Waals surface area contributed by atoms with Crippen LogP contribution in [0.1, 0.15) is 43.9 Å². The van der Waals surface area contributed by atoms with E-state index in [4.69, 9.17) is 0 Å². The molecule has 0 aliphatic rings. The molecule has 1 aromatic carbocycles. The Balaban J connectivity index is 2.54. The molecular formula is C17H29NO. The van der Waals surface area contributed by atoms with E-state index in [0.29, 0.717) is 5.92 Å². The molecule has 0 saturated carbocycles. The van der Waals surface area contributed by atoms with Crippen molar-refractivity contribution in [1.29, 1.82) is 0 Å². The molecule has 0 aliphatic carbocycles. The minimum atomic E-state index is -0.638. The molecule has 2 N–H and O–H groups in total. The van der Waals surface area contributed by atoms with E-state index in [0.717, 1.165) is 25.9 Å². The Morgan fingerprint density at radius 2 is 1.79 bits per heavy atom. The van der Waals surface area contributed by atoms with Crippen LogP contribution in [0.5, 0.6) is 0 Å². The molecule has 0 amide bonds. The van der Waals surface area contributed by atoms with Crippen LogP contribution in [0.3, 0.4) is 0 Å². The standard InChI is InChI=1S/C17H29NO/c1-13(2)12-18-10-9-17(5,19)11-16-14(3)7-6-8-15(16)4/h6-8,13,18-19H,9-12H2,1-5H3. The topological polar surface area (TPSA) is 32.3 Å². The molecule has 2 nitrogen and oxygen atoms in total. The summed E-state index contributed by atoms with van der Waals surface area (Å²) in [6, 6.07) is 6.32. The van der Waals surface area contributed by atoms with Gasteiger partial charge in [0.25, 0.3) is 0 Å². The van der Waals surface area contributed by atoms with E-state index in [-0.39, 0.29) is 0 Å². The smallest absolute Gasteiger partial charge is 0.0672 e. The third-order valence-corrected chi connectivity index (χ3v) is 3.60. The van der Waals surface area contributed by atoms with Crippen LogP contribution < -0.4 is 5.32 Å². The van der Waals surface area contributed by atoms with Gasteiger partial charge in [0.05, 0.1) is 5.60 Å². The average molecular weight is 263 g/mol. The van der Waals surface area contributed by atoms with E-state index in [1.54, 1.807) is 0 Å². The van der Waals surface area contributed by atoms with Crippen molar-refractivity contribution >= 4 is 0 Å². The molecule has 0 spiro atoms. The van der Waals surface area contributed by atoms with Crippen LogP contribution in [-0.2, 0) is 6.42 Å². The minimum Gasteiger partial charge on any atom is -0.390 e.